The summed E-state index contributed by atoms with van der Waals surface area (Å²) in [5.74, 6) is -3.20. The van der Waals surface area contributed by atoms with Crippen molar-refractivity contribution < 1.29 is 29.3 Å². The molecule has 6 heteroatoms. The number of esters is 1. The SMILES string of the molecule is C=C(C)[C@@H]1C(OC(C)=O)=C[C@@H](C)[C@@]2(O)[C@H]1C=C(COC(c1ccccc1)(c1ccccc1)c1ccccc1)C[C@]1(O)C(=O)C(C)=C[C@@H]21. The van der Waals surface area contributed by atoms with Crippen LogP contribution in [0.1, 0.15) is 50.8 Å². The van der Waals surface area contributed by atoms with Crippen LogP contribution in [0.25, 0.3) is 0 Å². The molecule has 0 unspecified atom stereocenters. The van der Waals surface area contributed by atoms with E-state index >= 15 is 0 Å². The van der Waals surface area contributed by atoms with E-state index in [9.17, 15) is 19.8 Å². The maximum absolute atomic E-state index is 13.8. The number of rotatable bonds is 8. The van der Waals surface area contributed by atoms with Gasteiger partial charge in [-0.05, 0) is 47.8 Å². The maximum Gasteiger partial charge on any atom is 0.307 e. The molecule has 6 nitrogen and oxygen atoms in total. The third kappa shape index (κ3) is 5.35. The number of hydrogen-bond acceptors (Lipinski definition) is 6. The Bertz CT molecular complexity index is 1680. The first kappa shape index (κ1) is 32.6. The van der Waals surface area contributed by atoms with Crippen molar-refractivity contribution >= 4 is 11.8 Å². The van der Waals surface area contributed by atoms with Gasteiger partial charge in [0.2, 0.25) is 0 Å². The Hall–Kier alpha value is -4.36. The molecule has 0 fully saturated rings. The average Bonchev–Trinajstić information content (AvgIpc) is 3.22. The molecule has 47 heavy (non-hydrogen) atoms. The number of fused-ring (bicyclic) bond motifs is 3. The number of carbonyl (C=O) groups excluding carboxylic acids is 2. The third-order valence-electron chi connectivity index (χ3n) is 10.2. The van der Waals surface area contributed by atoms with Gasteiger partial charge < -0.3 is 19.7 Å². The van der Waals surface area contributed by atoms with Crippen LogP contribution in [0, 0.1) is 23.7 Å². The molecule has 0 heterocycles. The summed E-state index contributed by atoms with van der Waals surface area (Å²) in [6.07, 6.45) is 5.36. The van der Waals surface area contributed by atoms with E-state index in [1.54, 1.807) is 19.1 Å². The van der Waals surface area contributed by atoms with E-state index in [1.165, 1.54) is 6.92 Å². The highest BCUT2D eigenvalue weighted by Crippen LogP contribution is 2.57. The van der Waals surface area contributed by atoms with Gasteiger partial charge in [-0.25, -0.2) is 0 Å². The van der Waals surface area contributed by atoms with Crippen LogP contribution >= 0.6 is 0 Å². The van der Waals surface area contributed by atoms with E-state index in [-0.39, 0.29) is 13.0 Å². The lowest BCUT2D eigenvalue weighted by Gasteiger charge is -2.50. The van der Waals surface area contributed by atoms with Crippen LogP contribution in [-0.2, 0) is 24.7 Å². The Labute approximate surface area is 276 Å². The van der Waals surface area contributed by atoms with E-state index < -0.39 is 52.2 Å². The van der Waals surface area contributed by atoms with Crippen molar-refractivity contribution in [1.29, 1.82) is 0 Å². The number of allylic oxidation sites excluding steroid dienone is 1. The fraction of sp³-hybridized carbons (Fsp3) is 0.317. The lowest BCUT2D eigenvalue weighted by Crippen LogP contribution is -2.60. The Kier molecular flexibility index (Phi) is 8.56. The van der Waals surface area contributed by atoms with Gasteiger partial charge in [0, 0.05) is 37.0 Å². The Morgan fingerprint density at radius 3 is 1.85 bits per heavy atom. The van der Waals surface area contributed by atoms with Gasteiger partial charge in [0.25, 0.3) is 0 Å². The van der Waals surface area contributed by atoms with Crippen LogP contribution in [0.2, 0.25) is 0 Å². The lowest BCUT2D eigenvalue weighted by molar-refractivity contribution is -0.163. The van der Waals surface area contributed by atoms with Crippen LogP contribution < -0.4 is 0 Å². The van der Waals surface area contributed by atoms with E-state index in [0.717, 1.165) is 16.7 Å². The third-order valence-corrected chi connectivity index (χ3v) is 10.2. The number of hydrogen-bond donors (Lipinski definition) is 2. The summed E-state index contributed by atoms with van der Waals surface area (Å²) in [6.45, 7) is 11.0. The Balaban J connectivity index is 1.53. The second kappa shape index (κ2) is 12.3. The first-order valence-electron chi connectivity index (χ1n) is 16.2. The van der Waals surface area contributed by atoms with Crippen molar-refractivity contribution in [2.75, 3.05) is 6.61 Å². The van der Waals surface area contributed by atoms with Gasteiger partial charge in [-0.3, -0.25) is 9.59 Å². The standard InChI is InChI=1S/C41H42O6/c1-26(2)37-34-23-30(24-39(44)36(21-27(3)38(39)43)40(34,45)28(4)22-35(37)47-29(5)42)25-46-41(31-15-9-6-10-16-31,32-17-11-7-12-18-32)33-19-13-8-14-20-33/h6-23,28,34,36-37,44-45H,1,24-25H2,2-5H3/t28-,34+,36-,37+,39-,40-/m1/s1. The predicted octanol–water partition coefficient (Wildman–Crippen LogP) is 6.84. The zero-order valence-electron chi connectivity index (χ0n) is 27.4. The molecular formula is C41H42O6. The molecule has 6 rings (SSSR count). The molecule has 3 aromatic rings. The molecule has 0 saturated heterocycles. The van der Waals surface area contributed by atoms with E-state index in [2.05, 4.69) is 6.58 Å². The average molecular weight is 631 g/mol. The minimum absolute atomic E-state index is 0.0316. The van der Waals surface area contributed by atoms with Crippen molar-refractivity contribution in [2.45, 2.75) is 50.9 Å². The van der Waals surface area contributed by atoms with E-state index in [1.807, 2.05) is 111 Å². The number of benzene rings is 3. The molecule has 0 bridgehead atoms. The van der Waals surface area contributed by atoms with E-state index in [4.69, 9.17) is 9.47 Å². The molecule has 242 valence electrons. The topological polar surface area (TPSA) is 93.1 Å². The lowest BCUT2D eigenvalue weighted by atomic mass is 9.58. The number of ketones is 1. The molecule has 0 spiro atoms. The summed E-state index contributed by atoms with van der Waals surface area (Å²) in [7, 11) is 0. The quantitative estimate of drug-likeness (QED) is 0.161. The second-order valence-corrected chi connectivity index (χ2v) is 13.3. The smallest absolute Gasteiger partial charge is 0.307 e. The number of carbonyl (C=O) groups is 2. The van der Waals surface area contributed by atoms with E-state index in [0.29, 0.717) is 22.5 Å². The van der Waals surface area contributed by atoms with Gasteiger partial charge in [0.1, 0.15) is 17.0 Å². The van der Waals surface area contributed by atoms with Crippen molar-refractivity contribution in [3.05, 3.63) is 155 Å². The summed E-state index contributed by atoms with van der Waals surface area (Å²) in [6, 6.07) is 30.0. The molecule has 3 aromatic carbocycles. The predicted molar refractivity (Wildman–Crippen MR) is 181 cm³/mol. The number of ether oxygens (including phenoxy) is 2. The van der Waals surface area contributed by atoms with Gasteiger partial charge in [0.15, 0.2) is 5.78 Å². The fourth-order valence-electron chi connectivity index (χ4n) is 8.14. The highest BCUT2D eigenvalue weighted by Gasteiger charge is 2.64. The molecule has 6 atom stereocenters. The van der Waals surface area contributed by atoms with Crippen molar-refractivity contribution in [3.8, 4) is 0 Å². The normalized spacial score (nSPS) is 28.6. The molecule has 3 aliphatic carbocycles. The minimum Gasteiger partial charge on any atom is -0.431 e. The summed E-state index contributed by atoms with van der Waals surface area (Å²) >= 11 is 0. The highest BCUT2D eigenvalue weighted by molar-refractivity contribution is 6.04. The molecule has 0 aromatic heterocycles. The van der Waals surface area contributed by atoms with Gasteiger partial charge in [-0.15, -0.1) is 0 Å². The van der Waals surface area contributed by atoms with Crippen molar-refractivity contribution in [2.24, 2.45) is 23.7 Å². The molecule has 0 amide bonds. The Morgan fingerprint density at radius 1 is 0.872 bits per heavy atom. The summed E-state index contributed by atoms with van der Waals surface area (Å²) < 4.78 is 12.9. The monoisotopic (exact) mass is 630 g/mol. The Morgan fingerprint density at radius 2 is 1.38 bits per heavy atom. The summed E-state index contributed by atoms with van der Waals surface area (Å²) in [4.78, 5) is 26.0. The number of Topliss-reactive ketones (excluding diaryl/α,β-unsaturated/α-hetero) is 1. The van der Waals surface area contributed by atoms with Gasteiger partial charge in [-0.2, -0.15) is 0 Å². The largest absolute Gasteiger partial charge is 0.431 e. The molecule has 0 saturated carbocycles. The van der Waals surface area contributed by atoms with Crippen LogP contribution in [0.3, 0.4) is 0 Å². The number of aliphatic hydroxyl groups is 2. The zero-order valence-corrected chi connectivity index (χ0v) is 27.4. The maximum atomic E-state index is 13.8. The summed E-state index contributed by atoms with van der Waals surface area (Å²) in [5.41, 5.74) is -0.0183. The molecular weight excluding hydrogens is 588 g/mol. The highest BCUT2D eigenvalue weighted by atomic mass is 16.5. The van der Waals surface area contributed by atoms with Crippen LogP contribution in [0.4, 0.5) is 0 Å². The summed E-state index contributed by atoms with van der Waals surface area (Å²) in [5, 5.41) is 25.1. The van der Waals surface area contributed by atoms with Gasteiger partial charge in [0.05, 0.1) is 12.2 Å². The van der Waals surface area contributed by atoms with Crippen LogP contribution in [-0.4, -0.2) is 39.8 Å². The van der Waals surface area contributed by atoms with Gasteiger partial charge in [-0.1, -0.05) is 122 Å². The molecule has 0 aliphatic heterocycles. The fourth-order valence-corrected chi connectivity index (χ4v) is 8.14. The molecule has 2 N–H and O–H groups in total. The first-order valence-corrected chi connectivity index (χ1v) is 16.2. The van der Waals surface area contributed by atoms with Crippen LogP contribution in [0.15, 0.2) is 138 Å². The zero-order chi connectivity index (χ0) is 33.6. The van der Waals surface area contributed by atoms with Gasteiger partial charge >= 0.3 is 5.97 Å². The van der Waals surface area contributed by atoms with Crippen LogP contribution in [0.5, 0.6) is 0 Å². The van der Waals surface area contributed by atoms with Crippen molar-refractivity contribution in [3.63, 3.8) is 0 Å². The molecule has 0 radical (unpaired) electrons. The van der Waals surface area contributed by atoms with Crippen molar-refractivity contribution in [1.82, 2.24) is 0 Å². The minimum atomic E-state index is -1.89. The molecule has 3 aliphatic rings. The second-order valence-electron chi connectivity index (χ2n) is 13.3. The first-order chi connectivity index (χ1) is 22.4.